The van der Waals surface area contributed by atoms with E-state index in [4.69, 9.17) is 4.74 Å². The Kier molecular flexibility index (Phi) is 5.86. The van der Waals surface area contributed by atoms with Gasteiger partial charge in [0.25, 0.3) is 5.91 Å². The summed E-state index contributed by atoms with van der Waals surface area (Å²) in [6.45, 7) is 4.13. The van der Waals surface area contributed by atoms with Gasteiger partial charge in [0, 0.05) is 17.8 Å². The van der Waals surface area contributed by atoms with Crippen LogP contribution in [-0.4, -0.2) is 34.7 Å². The Labute approximate surface area is 157 Å². The molecule has 0 saturated carbocycles. The van der Waals surface area contributed by atoms with Crippen LogP contribution < -0.4 is 5.32 Å². The van der Waals surface area contributed by atoms with Crippen LogP contribution in [0.15, 0.2) is 54.6 Å². The summed E-state index contributed by atoms with van der Waals surface area (Å²) < 4.78 is 5.30. The molecule has 0 fully saturated rings. The van der Waals surface area contributed by atoms with Crippen LogP contribution in [0.4, 0.5) is 0 Å². The maximum atomic E-state index is 12.4. The smallest absolute Gasteiger partial charge is 0.360 e. The molecule has 2 atom stereocenters. The number of ether oxygens (including phenoxy) is 1. The van der Waals surface area contributed by atoms with Gasteiger partial charge < -0.3 is 10.1 Å². The first-order valence-electron chi connectivity index (χ1n) is 9.07. The van der Waals surface area contributed by atoms with E-state index >= 15 is 0 Å². The summed E-state index contributed by atoms with van der Waals surface area (Å²) in [5, 5.41) is 10.3. The Morgan fingerprint density at radius 1 is 1.11 bits per heavy atom. The van der Waals surface area contributed by atoms with Crippen molar-refractivity contribution in [3.8, 4) is 0 Å². The van der Waals surface area contributed by atoms with Crippen LogP contribution in [0.25, 0.3) is 10.9 Å². The van der Waals surface area contributed by atoms with Crippen molar-refractivity contribution in [1.29, 1.82) is 0 Å². The number of nitrogens with zero attached hydrogens (tertiary/aromatic N) is 1. The Morgan fingerprint density at radius 3 is 2.56 bits per heavy atom. The monoisotopic (exact) mass is 365 g/mol. The maximum Gasteiger partial charge on any atom is 0.360 e. The van der Waals surface area contributed by atoms with E-state index in [1.807, 2.05) is 48.5 Å². The number of benzene rings is 2. The predicted molar refractivity (Wildman–Crippen MR) is 103 cm³/mol. The number of H-pyrrole nitrogens is 1. The van der Waals surface area contributed by atoms with Crippen molar-refractivity contribution < 1.29 is 14.3 Å². The summed E-state index contributed by atoms with van der Waals surface area (Å²) in [5.74, 6) is -0.726. The fourth-order valence-electron chi connectivity index (χ4n) is 2.98. The summed E-state index contributed by atoms with van der Waals surface area (Å²) in [6, 6.07) is 17.3. The molecule has 2 N–H and O–H groups in total. The molecule has 0 aliphatic carbocycles. The molecular formula is C21H23N3O3. The summed E-state index contributed by atoms with van der Waals surface area (Å²) in [5.41, 5.74) is 2.10. The second kappa shape index (κ2) is 8.49. The molecule has 27 heavy (non-hydrogen) atoms. The predicted octanol–water partition coefficient (Wildman–Crippen LogP) is 3.42. The number of para-hydroxylation sites is 1. The van der Waals surface area contributed by atoms with Gasteiger partial charge in [0.05, 0.1) is 5.52 Å². The number of amides is 1. The van der Waals surface area contributed by atoms with Gasteiger partial charge in [0.1, 0.15) is 0 Å². The molecule has 3 rings (SSSR count). The van der Waals surface area contributed by atoms with Gasteiger partial charge in [-0.2, -0.15) is 5.10 Å². The first-order chi connectivity index (χ1) is 13.1. The number of hydrogen-bond donors (Lipinski definition) is 2. The largest absolute Gasteiger partial charge is 0.448 e. The highest BCUT2D eigenvalue weighted by Crippen LogP contribution is 2.19. The molecule has 6 nitrogen and oxygen atoms in total. The SMILES string of the molecule is CC[C@H](CNC(=O)[C@@H](C)OC(=O)c1n[nH]c2ccccc12)c1ccccc1. The topological polar surface area (TPSA) is 84.1 Å². The summed E-state index contributed by atoms with van der Waals surface area (Å²) >= 11 is 0. The van der Waals surface area contributed by atoms with E-state index in [9.17, 15) is 9.59 Å². The van der Waals surface area contributed by atoms with Crippen molar-refractivity contribution in [2.45, 2.75) is 32.3 Å². The first kappa shape index (κ1) is 18.6. The van der Waals surface area contributed by atoms with E-state index in [-0.39, 0.29) is 17.5 Å². The number of hydrogen-bond acceptors (Lipinski definition) is 4. The molecule has 0 aliphatic heterocycles. The van der Waals surface area contributed by atoms with Crippen molar-refractivity contribution >= 4 is 22.8 Å². The average molecular weight is 365 g/mol. The fourth-order valence-corrected chi connectivity index (χ4v) is 2.98. The molecule has 1 amide bonds. The van der Waals surface area contributed by atoms with Gasteiger partial charge >= 0.3 is 5.97 Å². The highest BCUT2D eigenvalue weighted by molar-refractivity contribution is 6.02. The van der Waals surface area contributed by atoms with Gasteiger partial charge in [-0.25, -0.2) is 4.79 Å². The molecule has 0 aliphatic rings. The number of nitrogens with one attached hydrogen (secondary N) is 2. The molecule has 0 spiro atoms. The Hall–Kier alpha value is -3.15. The van der Waals surface area contributed by atoms with Gasteiger partial charge in [-0.3, -0.25) is 9.89 Å². The number of esters is 1. The van der Waals surface area contributed by atoms with Gasteiger partial charge in [-0.15, -0.1) is 0 Å². The lowest BCUT2D eigenvalue weighted by Crippen LogP contribution is -2.38. The Bertz CT molecular complexity index is 921. The molecule has 0 unspecified atom stereocenters. The number of rotatable bonds is 7. The van der Waals surface area contributed by atoms with Crippen molar-refractivity contribution in [2.24, 2.45) is 0 Å². The summed E-state index contributed by atoms with van der Waals surface area (Å²) in [7, 11) is 0. The van der Waals surface area contributed by atoms with Gasteiger partial charge in [0.15, 0.2) is 11.8 Å². The molecule has 0 radical (unpaired) electrons. The zero-order valence-electron chi connectivity index (χ0n) is 15.4. The van der Waals surface area contributed by atoms with Gasteiger partial charge in [-0.05, 0) is 25.0 Å². The maximum absolute atomic E-state index is 12.4. The fraction of sp³-hybridized carbons (Fsp3) is 0.286. The van der Waals surface area contributed by atoms with Crippen LogP contribution >= 0.6 is 0 Å². The van der Waals surface area contributed by atoms with E-state index in [1.165, 1.54) is 5.56 Å². The van der Waals surface area contributed by atoms with Crippen LogP contribution in [0.2, 0.25) is 0 Å². The van der Waals surface area contributed by atoms with Gasteiger partial charge in [0.2, 0.25) is 0 Å². The molecular weight excluding hydrogens is 342 g/mol. The third kappa shape index (κ3) is 4.34. The van der Waals surface area contributed by atoms with Crippen LogP contribution in [0.3, 0.4) is 0 Å². The molecule has 3 aromatic rings. The third-order valence-corrected chi connectivity index (χ3v) is 4.60. The molecule has 2 aromatic carbocycles. The second-order valence-electron chi connectivity index (χ2n) is 6.43. The number of aromatic nitrogens is 2. The lowest BCUT2D eigenvalue weighted by molar-refractivity contribution is -0.129. The minimum Gasteiger partial charge on any atom is -0.448 e. The van der Waals surface area contributed by atoms with Crippen molar-refractivity contribution in [1.82, 2.24) is 15.5 Å². The zero-order valence-corrected chi connectivity index (χ0v) is 15.4. The summed E-state index contributed by atoms with van der Waals surface area (Å²) in [6.07, 6.45) is -0.00111. The Morgan fingerprint density at radius 2 is 1.81 bits per heavy atom. The van der Waals surface area contributed by atoms with Crippen molar-refractivity contribution in [3.05, 3.63) is 65.9 Å². The second-order valence-corrected chi connectivity index (χ2v) is 6.43. The highest BCUT2D eigenvalue weighted by atomic mass is 16.5. The lowest BCUT2D eigenvalue weighted by Gasteiger charge is -2.18. The highest BCUT2D eigenvalue weighted by Gasteiger charge is 2.22. The molecule has 0 saturated heterocycles. The van der Waals surface area contributed by atoms with Crippen molar-refractivity contribution in [2.75, 3.05) is 6.54 Å². The van der Waals surface area contributed by atoms with E-state index in [1.54, 1.807) is 13.0 Å². The number of fused-ring (bicyclic) bond motifs is 1. The molecule has 6 heteroatoms. The molecule has 1 aromatic heterocycles. The minimum absolute atomic E-state index is 0.181. The number of carbonyl (C=O) groups excluding carboxylic acids is 2. The molecule has 140 valence electrons. The third-order valence-electron chi connectivity index (χ3n) is 4.60. The standard InChI is InChI=1S/C21H23N3O3/c1-3-15(16-9-5-4-6-10-16)13-22-20(25)14(2)27-21(26)19-17-11-7-8-12-18(17)23-24-19/h4-12,14-15H,3,13H2,1-2H3,(H,22,25)(H,23,24)/t14-,15-/m1/s1. The molecule has 0 bridgehead atoms. The van der Waals surface area contributed by atoms with E-state index in [0.29, 0.717) is 11.9 Å². The van der Waals surface area contributed by atoms with Crippen LogP contribution in [0.1, 0.15) is 42.2 Å². The quantitative estimate of drug-likeness (QED) is 0.629. The van der Waals surface area contributed by atoms with Crippen LogP contribution in [0.5, 0.6) is 0 Å². The van der Waals surface area contributed by atoms with Crippen LogP contribution in [0, 0.1) is 0 Å². The summed E-state index contributed by atoms with van der Waals surface area (Å²) in [4.78, 5) is 24.7. The Balaban J connectivity index is 1.58. The van der Waals surface area contributed by atoms with E-state index < -0.39 is 12.1 Å². The van der Waals surface area contributed by atoms with E-state index in [0.717, 1.165) is 11.9 Å². The zero-order chi connectivity index (χ0) is 19.2. The number of carbonyl (C=O) groups is 2. The first-order valence-corrected chi connectivity index (χ1v) is 9.07. The average Bonchev–Trinajstić information content (AvgIpc) is 3.13. The minimum atomic E-state index is -0.902. The van der Waals surface area contributed by atoms with Gasteiger partial charge in [-0.1, -0.05) is 55.5 Å². The van der Waals surface area contributed by atoms with Crippen LogP contribution in [-0.2, 0) is 9.53 Å². The van der Waals surface area contributed by atoms with Crippen molar-refractivity contribution in [3.63, 3.8) is 0 Å². The normalized spacial score (nSPS) is 13.1. The number of aromatic amines is 1. The molecule has 1 heterocycles. The lowest BCUT2D eigenvalue weighted by atomic mass is 9.96. The van der Waals surface area contributed by atoms with E-state index in [2.05, 4.69) is 22.4 Å².